The predicted octanol–water partition coefficient (Wildman–Crippen LogP) is 5.30. The summed E-state index contributed by atoms with van der Waals surface area (Å²) in [5.74, 6) is -0.215. The second-order valence-corrected chi connectivity index (χ2v) is 7.54. The second kappa shape index (κ2) is 7.37. The Bertz CT molecular complexity index is 544. The standard InChI is InChI=1S/C20H32O3/c1-8-16(18(21)22)23-17-12-11-14(19(4,5)9-2)13-15(17)20(6,7)10-3/h11-13,16H,8-10H2,1-7H3,(H,21,22). The van der Waals surface area contributed by atoms with E-state index in [-0.39, 0.29) is 10.8 Å². The van der Waals surface area contributed by atoms with Gasteiger partial charge in [-0.2, -0.15) is 0 Å². The van der Waals surface area contributed by atoms with E-state index in [1.807, 2.05) is 13.0 Å². The van der Waals surface area contributed by atoms with Crippen LogP contribution in [-0.2, 0) is 15.6 Å². The molecular formula is C20H32O3. The zero-order valence-corrected chi connectivity index (χ0v) is 15.7. The maximum Gasteiger partial charge on any atom is 0.344 e. The molecule has 0 bridgehead atoms. The van der Waals surface area contributed by atoms with Gasteiger partial charge in [-0.1, -0.05) is 60.6 Å². The number of benzene rings is 1. The summed E-state index contributed by atoms with van der Waals surface area (Å²) in [7, 11) is 0. The van der Waals surface area contributed by atoms with Crippen LogP contribution < -0.4 is 4.74 Å². The number of carboxylic acids is 1. The Morgan fingerprint density at radius 3 is 2.09 bits per heavy atom. The highest BCUT2D eigenvalue weighted by molar-refractivity contribution is 5.72. The summed E-state index contributed by atoms with van der Waals surface area (Å²) in [6.45, 7) is 15.0. The molecule has 0 saturated carbocycles. The lowest BCUT2D eigenvalue weighted by atomic mass is 9.76. The summed E-state index contributed by atoms with van der Waals surface area (Å²) >= 11 is 0. The quantitative estimate of drug-likeness (QED) is 0.706. The van der Waals surface area contributed by atoms with Gasteiger partial charge >= 0.3 is 5.97 Å². The summed E-state index contributed by atoms with van der Waals surface area (Å²) in [6.07, 6.45) is 1.66. The first-order chi connectivity index (χ1) is 10.6. The summed E-state index contributed by atoms with van der Waals surface area (Å²) in [5, 5.41) is 9.28. The molecule has 0 fully saturated rings. The second-order valence-electron chi connectivity index (χ2n) is 7.54. The number of aliphatic carboxylic acids is 1. The normalized spacial score (nSPS) is 13.7. The highest BCUT2D eigenvalue weighted by Crippen LogP contribution is 2.38. The van der Waals surface area contributed by atoms with Gasteiger partial charge in [-0.25, -0.2) is 4.79 Å². The highest BCUT2D eigenvalue weighted by Gasteiger charge is 2.28. The van der Waals surface area contributed by atoms with Gasteiger partial charge in [-0.15, -0.1) is 0 Å². The Labute approximate surface area is 141 Å². The third-order valence-electron chi connectivity index (χ3n) is 5.17. The molecule has 3 heteroatoms. The smallest absolute Gasteiger partial charge is 0.344 e. The summed E-state index contributed by atoms with van der Waals surface area (Å²) in [5.41, 5.74) is 2.39. The van der Waals surface area contributed by atoms with Gasteiger partial charge in [0, 0.05) is 5.56 Å². The molecule has 0 heterocycles. The minimum Gasteiger partial charge on any atom is -0.479 e. The van der Waals surface area contributed by atoms with E-state index in [0.717, 1.165) is 18.4 Å². The topological polar surface area (TPSA) is 46.5 Å². The summed E-state index contributed by atoms with van der Waals surface area (Å²) < 4.78 is 5.85. The van der Waals surface area contributed by atoms with Crippen LogP contribution in [-0.4, -0.2) is 17.2 Å². The molecular weight excluding hydrogens is 288 g/mol. The van der Waals surface area contributed by atoms with Crippen molar-refractivity contribution in [3.05, 3.63) is 29.3 Å². The van der Waals surface area contributed by atoms with Crippen LogP contribution in [0.2, 0.25) is 0 Å². The minimum atomic E-state index is -0.911. The first-order valence-electron chi connectivity index (χ1n) is 8.63. The molecule has 0 aromatic heterocycles. The van der Waals surface area contributed by atoms with Crippen molar-refractivity contribution in [1.82, 2.24) is 0 Å². The summed E-state index contributed by atoms with van der Waals surface area (Å²) in [6, 6.07) is 6.23. The van der Waals surface area contributed by atoms with Gasteiger partial charge in [0.2, 0.25) is 0 Å². The van der Waals surface area contributed by atoms with Crippen molar-refractivity contribution in [3.63, 3.8) is 0 Å². The fourth-order valence-corrected chi connectivity index (χ4v) is 2.44. The Hall–Kier alpha value is -1.51. The molecule has 0 spiro atoms. The first-order valence-corrected chi connectivity index (χ1v) is 8.63. The number of carbonyl (C=O) groups is 1. The van der Waals surface area contributed by atoms with Crippen molar-refractivity contribution in [2.45, 2.75) is 84.7 Å². The largest absolute Gasteiger partial charge is 0.479 e. The number of ether oxygens (including phenoxy) is 1. The molecule has 0 aliphatic carbocycles. The van der Waals surface area contributed by atoms with Crippen LogP contribution in [0.5, 0.6) is 5.75 Å². The average molecular weight is 320 g/mol. The third-order valence-corrected chi connectivity index (χ3v) is 5.17. The van der Waals surface area contributed by atoms with Gasteiger partial charge < -0.3 is 9.84 Å². The number of hydrogen-bond donors (Lipinski definition) is 1. The number of carboxylic acid groups (broad SMARTS) is 1. The van der Waals surface area contributed by atoms with E-state index in [1.54, 1.807) is 0 Å². The number of rotatable bonds is 8. The molecule has 0 radical (unpaired) electrons. The van der Waals surface area contributed by atoms with Crippen molar-refractivity contribution < 1.29 is 14.6 Å². The van der Waals surface area contributed by atoms with E-state index in [1.165, 1.54) is 5.56 Å². The van der Waals surface area contributed by atoms with Crippen molar-refractivity contribution in [1.29, 1.82) is 0 Å². The SMILES string of the molecule is CCC(Oc1ccc(C(C)(C)CC)cc1C(C)(C)CC)C(=O)O. The van der Waals surface area contributed by atoms with Crippen LogP contribution in [0.1, 0.15) is 78.9 Å². The fraction of sp³-hybridized carbons (Fsp3) is 0.650. The highest BCUT2D eigenvalue weighted by atomic mass is 16.5. The Morgan fingerprint density at radius 1 is 1.09 bits per heavy atom. The maximum atomic E-state index is 11.3. The molecule has 1 N–H and O–H groups in total. The monoisotopic (exact) mass is 320 g/mol. The lowest BCUT2D eigenvalue weighted by Gasteiger charge is -2.31. The van der Waals surface area contributed by atoms with Crippen molar-refractivity contribution >= 4 is 5.97 Å². The van der Waals surface area contributed by atoms with Gasteiger partial charge in [-0.05, 0) is 41.7 Å². The lowest BCUT2D eigenvalue weighted by molar-refractivity contribution is -0.145. The van der Waals surface area contributed by atoms with Crippen LogP contribution in [0, 0.1) is 0 Å². The predicted molar refractivity (Wildman–Crippen MR) is 95.4 cm³/mol. The lowest BCUT2D eigenvalue weighted by Crippen LogP contribution is -2.28. The molecule has 0 aliphatic heterocycles. The van der Waals surface area contributed by atoms with Gasteiger partial charge in [0.05, 0.1) is 0 Å². The van der Waals surface area contributed by atoms with E-state index < -0.39 is 12.1 Å². The van der Waals surface area contributed by atoms with E-state index >= 15 is 0 Å². The Balaban J connectivity index is 3.38. The molecule has 1 aromatic rings. The molecule has 1 atom stereocenters. The molecule has 23 heavy (non-hydrogen) atoms. The fourth-order valence-electron chi connectivity index (χ4n) is 2.44. The van der Waals surface area contributed by atoms with E-state index in [9.17, 15) is 9.90 Å². The van der Waals surface area contributed by atoms with E-state index in [4.69, 9.17) is 4.74 Å². The van der Waals surface area contributed by atoms with Crippen molar-refractivity contribution in [3.8, 4) is 5.75 Å². The van der Waals surface area contributed by atoms with Gasteiger partial charge in [-0.3, -0.25) is 0 Å². The zero-order valence-electron chi connectivity index (χ0n) is 15.7. The third kappa shape index (κ3) is 4.49. The Morgan fingerprint density at radius 2 is 1.65 bits per heavy atom. The van der Waals surface area contributed by atoms with Gasteiger partial charge in [0.25, 0.3) is 0 Å². The van der Waals surface area contributed by atoms with Crippen molar-refractivity contribution in [2.24, 2.45) is 0 Å². The van der Waals surface area contributed by atoms with Crippen LogP contribution in [0.4, 0.5) is 0 Å². The molecule has 0 amide bonds. The average Bonchev–Trinajstić information content (AvgIpc) is 2.51. The van der Waals surface area contributed by atoms with Crippen LogP contribution in [0.15, 0.2) is 18.2 Å². The Kier molecular flexibility index (Phi) is 6.26. The molecule has 1 unspecified atom stereocenters. The van der Waals surface area contributed by atoms with E-state index in [2.05, 4.69) is 53.7 Å². The molecule has 3 nitrogen and oxygen atoms in total. The molecule has 0 saturated heterocycles. The first kappa shape index (κ1) is 19.5. The molecule has 1 aromatic carbocycles. The van der Waals surface area contributed by atoms with Crippen LogP contribution >= 0.6 is 0 Å². The molecule has 130 valence electrons. The van der Waals surface area contributed by atoms with Gasteiger partial charge in [0.15, 0.2) is 6.10 Å². The number of hydrogen-bond acceptors (Lipinski definition) is 2. The zero-order chi connectivity index (χ0) is 17.8. The molecule has 0 aliphatic rings. The van der Waals surface area contributed by atoms with Crippen LogP contribution in [0.3, 0.4) is 0 Å². The maximum absolute atomic E-state index is 11.3. The van der Waals surface area contributed by atoms with E-state index in [0.29, 0.717) is 12.2 Å². The van der Waals surface area contributed by atoms with Crippen molar-refractivity contribution in [2.75, 3.05) is 0 Å². The summed E-state index contributed by atoms with van der Waals surface area (Å²) in [4.78, 5) is 11.3. The minimum absolute atomic E-state index is 0.0635. The van der Waals surface area contributed by atoms with Crippen LogP contribution in [0.25, 0.3) is 0 Å². The molecule has 1 rings (SSSR count). The van der Waals surface area contributed by atoms with Gasteiger partial charge in [0.1, 0.15) is 5.75 Å².